The van der Waals surface area contributed by atoms with E-state index in [9.17, 15) is 9.18 Å². The average molecular weight is 290 g/mol. The quantitative estimate of drug-likeness (QED) is 0.777. The zero-order valence-corrected chi connectivity index (χ0v) is 11.5. The van der Waals surface area contributed by atoms with Gasteiger partial charge in [-0.05, 0) is 49.1 Å². The van der Waals surface area contributed by atoms with Crippen LogP contribution in [0.25, 0.3) is 0 Å². The van der Waals surface area contributed by atoms with Crippen LogP contribution < -0.4 is 0 Å². The molecule has 0 spiro atoms. The molecule has 0 aliphatic heterocycles. The summed E-state index contributed by atoms with van der Waals surface area (Å²) in [6.07, 6.45) is 4.37. The Bertz CT molecular complexity index is 671. The fourth-order valence-corrected chi connectivity index (χ4v) is 3.00. The molecule has 0 saturated heterocycles. The Hall–Kier alpha value is -1.74. The molecule has 0 bridgehead atoms. The Morgan fingerprint density at radius 2 is 2.20 bits per heavy atom. The number of halogens is 2. The minimum absolute atomic E-state index is 0.0744. The summed E-state index contributed by atoms with van der Waals surface area (Å²) in [5, 5.41) is 0.165. The van der Waals surface area contributed by atoms with Gasteiger partial charge in [0.25, 0.3) is 0 Å². The standard InChI is InChI=1S/C16H13ClFNO/c17-14-9-11(18)6-7-12(14)16(20)13-5-1-3-10-4-2-8-19-15(10)13/h2,4,6-9,13H,1,3,5H2. The Morgan fingerprint density at radius 3 is 3.00 bits per heavy atom. The SMILES string of the molecule is O=C(c1ccc(F)cc1Cl)C1CCCc2cccnc21. The van der Waals surface area contributed by atoms with E-state index in [4.69, 9.17) is 11.6 Å². The molecule has 1 heterocycles. The van der Waals surface area contributed by atoms with E-state index in [0.29, 0.717) is 5.56 Å². The molecule has 1 unspecified atom stereocenters. The number of hydrogen-bond acceptors (Lipinski definition) is 2. The van der Waals surface area contributed by atoms with Gasteiger partial charge in [-0.25, -0.2) is 4.39 Å². The average Bonchev–Trinajstić information content (AvgIpc) is 2.46. The molecule has 2 nitrogen and oxygen atoms in total. The molecule has 1 aliphatic carbocycles. The first kappa shape index (κ1) is 13.3. The molecule has 1 atom stereocenters. The van der Waals surface area contributed by atoms with Crippen molar-refractivity contribution in [2.24, 2.45) is 0 Å². The van der Waals surface area contributed by atoms with E-state index >= 15 is 0 Å². The van der Waals surface area contributed by atoms with Crippen molar-refractivity contribution < 1.29 is 9.18 Å². The number of fused-ring (bicyclic) bond motifs is 1. The van der Waals surface area contributed by atoms with Crippen molar-refractivity contribution in [3.05, 3.63) is 64.2 Å². The van der Waals surface area contributed by atoms with Crippen LogP contribution in [-0.4, -0.2) is 10.8 Å². The number of Topliss-reactive ketones (excluding diaryl/α,β-unsaturated/α-hetero) is 1. The molecule has 0 amide bonds. The third-order valence-electron chi connectivity index (χ3n) is 3.71. The van der Waals surface area contributed by atoms with E-state index in [-0.39, 0.29) is 16.7 Å². The van der Waals surface area contributed by atoms with Gasteiger partial charge in [0.1, 0.15) is 5.82 Å². The van der Waals surface area contributed by atoms with Gasteiger partial charge in [0.15, 0.2) is 5.78 Å². The number of benzene rings is 1. The first-order valence-electron chi connectivity index (χ1n) is 6.60. The van der Waals surface area contributed by atoms with E-state index in [1.807, 2.05) is 12.1 Å². The summed E-state index contributed by atoms with van der Waals surface area (Å²) >= 11 is 5.99. The molecule has 0 saturated carbocycles. The molecule has 1 aromatic carbocycles. The smallest absolute Gasteiger partial charge is 0.173 e. The lowest BCUT2D eigenvalue weighted by Gasteiger charge is -2.23. The summed E-state index contributed by atoms with van der Waals surface area (Å²) in [5.74, 6) is -0.786. The maximum atomic E-state index is 13.1. The second kappa shape index (κ2) is 5.33. The molecule has 20 heavy (non-hydrogen) atoms. The summed E-state index contributed by atoms with van der Waals surface area (Å²) in [7, 11) is 0. The van der Waals surface area contributed by atoms with Crippen molar-refractivity contribution in [1.29, 1.82) is 0 Å². The highest BCUT2D eigenvalue weighted by molar-refractivity contribution is 6.34. The highest BCUT2D eigenvalue weighted by Gasteiger charge is 2.29. The molecule has 0 radical (unpaired) electrons. The number of hydrogen-bond donors (Lipinski definition) is 0. The van der Waals surface area contributed by atoms with Gasteiger partial charge in [-0.3, -0.25) is 9.78 Å². The number of aryl methyl sites for hydroxylation is 1. The highest BCUT2D eigenvalue weighted by atomic mass is 35.5. The van der Waals surface area contributed by atoms with E-state index < -0.39 is 5.82 Å². The number of aromatic nitrogens is 1. The Labute approximate surface area is 121 Å². The Morgan fingerprint density at radius 1 is 1.35 bits per heavy atom. The van der Waals surface area contributed by atoms with Crippen molar-refractivity contribution in [2.45, 2.75) is 25.2 Å². The molecule has 2 aromatic rings. The number of nitrogens with zero attached hydrogens (tertiary/aromatic N) is 1. The molecule has 1 aliphatic rings. The third kappa shape index (κ3) is 2.34. The summed E-state index contributed by atoms with van der Waals surface area (Å²) in [6, 6.07) is 7.79. The van der Waals surface area contributed by atoms with Gasteiger partial charge in [0, 0.05) is 11.8 Å². The third-order valence-corrected chi connectivity index (χ3v) is 4.02. The number of carbonyl (C=O) groups excluding carboxylic acids is 1. The van der Waals surface area contributed by atoms with Crippen molar-refractivity contribution in [1.82, 2.24) is 4.98 Å². The maximum Gasteiger partial charge on any atom is 0.173 e. The first-order chi connectivity index (χ1) is 9.66. The molecule has 102 valence electrons. The number of ketones is 1. The molecule has 4 heteroatoms. The van der Waals surface area contributed by atoms with Gasteiger partial charge in [-0.2, -0.15) is 0 Å². The zero-order valence-electron chi connectivity index (χ0n) is 10.8. The molecule has 3 rings (SSSR count). The van der Waals surface area contributed by atoms with Gasteiger partial charge < -0.3 is 0 Å². The maximum absolute atomic E-state index is 13.1. The molecular weight excluding hydrogens is 277 g/mol. The lowest BCUT2D eigenvalue weighted by atomic mass is 9.82. The molecule has 1 aromatic heterocycles. The van der Waals surface area contributed by atoms with Crippen LogP contribution in [0.3, 0.4) is 0 Å². The number of rotatable bonds is 2. The lowest BCUT2D eigenvalue weighted by Crippen LogP contribution is -2.20. The van der Waals surface area contributed by atoms with Crippen molar-refractivity contribution in [3.63, 3.8) is 0 Å². The molecular formula is C16H13ClFNO. The number of carbonyl (C=O) groups is 1. The van der Waals surface area contributed by atoms with Crippen molar-refractivity contribution >= 4 is 17.4 Å². The van der Waals surface area contributed by atoms with Crippen molar-refractivity contribution in [3.8, 4) is 0 Å². The Kier molecular flexibility index (Phi) is 3.53. The predicted octanol–water partition coefficient (Wildman–Crippen LogP) is 4.18. The largest absolute Gasteiger partial charge is 0.293 e. The summed E-state index contributed by atoms with van der Waals surface area (Å²) in [6.45, 7) is 0. The minimum Gasteiger partial charge on any atom is -0.293 e. The van der Waals surface area contributed by atoms with Gasteiger partial charge in [-0.15, -0.1) is 0 Å². The topological polar surface area (TPSA) is 30.0 Å². The van der Waals surface area contributed by atoms with E-state index in [2.05, 4.69) is 4.98 Å². The predicted molar refractivity (Wildman–Crippen MR) is 75.7 cm³/mol. The second-order valence-electron chi connectivity index (χ2n) is 4.98. The normalized spacial score (nSPS) is 17.6. The monoisotopic (exact) mass is 289 g/mol. The molecule has 0 N–H and O–H groups in total. The van der Waals surface area contributed by atoms with Crippen LogP contribution in [0.15, 0.2) is 36.5 Å². The van der Waals surface area contributed by atoms with Crippen LogP contribution in [-0.2, 0) is 6.42 Å². The fraction of sp³-hybridized carbons (Fsp3) is 0.250. The summed E-state index contributed by atoms with van der Waals surface area (Å²) in [5.41, 5.74) is 2.33. The first-order valence-corrected chi connectivity index (χ1v) is 6.97. The second-order valence-corrected chi connectivity index (χ2v) is 5.39. The van der Waals surface area contributed by atoms with Crippen LogP contribution in [0.5, 0.6) is 0 Å². The van der Waals surface area contributed by atoms with Gasteiger partial charge in [0.05, 0.1) is 16.6 Å². The lowest BCUT2D eigenvalue weighted by molar-refractivity contribution is 0.0949. The highest BCUT2D eigenvalue weighted by Crippen LogP contribution is 2.34. The van der Waals surface area contributed by atoms with Gasteiger partial charge >= 0.3 is 0 Å². The van der Waals surface area contributed by atoms with E-state index in [1.165, 1.54) is 18.2 Å². The molecule has 0 fully saturated rings. The van der Waals surface area contributed by atoms with Crippen LogP contribution >= 0.6 is 11.6 Å². The Balaban J connectivity index is 2.00. The summed E-state index contributed by atoms with van der Waals surface area (Å²) < 4.78 is 13.1. The number of pyridine rings is 1. The van der Waals surface area contributed by atoms with E-state index in [0.717, 1.165) is 30.5 Å². The summed E-state index contributed by atoms with van der Waals surface area (Å²) in [4.78, 5) is 17.0. The van der Waals surface area contributed by atoms with Crippen LogP contribution in [0.4, 0.5) is 4.39 Å². The van der Waals surface area contributed by atoms with E-state index in [1.54, 1.807) is 6.20 Å². The minimum atomic E-state index is -0.436. The zero-order chi connectivity index (χ0) is 14.1. The van der Waals surface area contributed by atoms with Gasteiger partial charge in [0.2, 0.25) is 0 Å². The fourth-order valence-electron chi connectivity index (χ4n) is 2.74. The van der Waals surface area contributed by atoms with Crippen LogP contribution in [0.1, 0.15) is 40.4 Å². The van der Waals surface area contributed by atoms with Crippen LogP contribution in [0, 0.1) is 5.82 Å². The van der Waals surface area contributed by atoms with Crippen molar-refractivity contribution in [2.75, 3.05) is 0 Å². The van der Waals surface area contributed by atoms with Gasteiger partial charge in [-0.1, -0.05) is 17.7 Å². The van der Waals surface area contributed by atoms with Crippen LogP contribution in [0.2, 0.25) is 5.02 Å².